The molecule has 0 saturated heterocycles. The molecule has 0 aliphatic rings. The van der Waals surface area contributed by atoms with Crippen LogP contribution in [-0.4, -0.2) is 10.2 Å². The van der Waals surface area contributed by atoms with Crippen molar-refractivity contribution in [1.29, 1.82) is 0 Å². The molecular formula is C13H10BrN3OS. The zero-order chi connectivity index (χ0) is 13.2. The van der Waals surface area contributed by atoms with E-state index in [0.29, 0.717) is 11.8 Å². The van der Waals surface area contributed by atoms with E-state index in [9.17, 15) is 0 Å². The molecule has 4 nitrogen and oxygen atoms in total. The number of hydrogen-bond donors (Lipinski definition) is 1. The lowest BCUT2D eigenvalue weighted by Crippen LogP contribution is -2.11. The number of benzene rings is 1. The maximum absolute atomic E-state index is 6.11. The minimum absolute atomic E-state index is 0.397. The third kappa shape index (κ3) is 2.60. The van der Waals surface area contributed by atoms with Gasteiger partial charge in [-0.1, -0.05) is 30.3 Å². The van der Waals surface area contributed by atoms with Gasteiger partial charge in [-0.15, -0.1) is 21.5 Å². The fourth-order valence-electron chi connectivity index (χ4n) is 1.69. The zero-order valence-electron chi connectivity index (χ0n) is 9.79. The predicted molar refractivity (Wildman–Crippen MR) is 77.8 cm³/mol. The molecule has 96 valence electrons. The van der Waals surface area contributed by atoms with Crippen LogP contribution in [0.4, 0.5) is 0 Å². The summed E-state index contributed by atoms with van der Waals surface area (Å²) in [6, 6.07) is 13.2. The first-order valence-electron chi connectivity index (χ1n) is 5.63. The van der Waals surface area contributed by atoms with Gasteiger partial charge in [0.05, 0.1) is 8.66 Å². The highest BCUT2D eigenvalue weighted by molar-refractivity contribution is 9.11. The fourth-order valence-corrected chi connectivity index (χ4v) is 3.00. The highest BCUT2D eigenvalue weighted by atomic mass is 79.9. The van der Waals surface area contributed by atoms with Crippen LogP contribution in [0.1, 0.15) is 17.5 Å². The molecule has 0 amide bonds. The molecule has 2 heterocycles. The second-order valence-electron chi connectivity index (χ2n) is 3.94. The molecule has 2 N–H and O–H groups in total. The Hall–Kier alpha value is -1.50. The van der Waals surface area contributed by atoms with Gasteiger partial charge in [0.25, 0.3) is 5.89 Å². The average Bonchev–Trinajstić information content (AvgIpc) is 3.07. The Balaban J connectivity index is 1.89. The quantitative estimate of drug-likeness (QED) is 0.794. The Labute approximate surface area is 122 Å². The molecule has 0 aliphatic heterocycles. The van der Waals surface area contributed by atoms with Gasteiger partial charge in [0.15, 0.2) is 0 Å². The highest BCUT2D eigenvalue weighted by Gasteiger charge is 2.17. The van der Waals surface area contributed by atoms with Crippen molar-refractivity contribution in [2.24, 2.45) is 5.73 Å². The third-order valence-electron chi connectivity index (χ3n) is 2.65. The van der Waals surface area contributed by atoms with Crippen molar-refractivity contribution in [2.45, 2.75) is 6.04 Å². The summed E-state index contributed by atoms with van der Waals surface area (Å²) in [6.45, 7) is 0. The maximum atomic E-state index is 6.11. The van der Waals surface area contributed by atoms with Crippen molar-refractivity contribution in [3.05, 3.63) is 57.7 Å². The summed E-state index contributed by atoms with van der Waals surface area (Å²) in [6.07, 6.45) is 0. The Morgan fingerprint density at radius 3 is 2.58 bits per heavy atom. The van der Waals surface area contributed by atoms with Crippen LogP contribution >= 0.6 is 27.3 Å². The fraction of sp³-hybridized carbons (Fsp3) is 0.0769. The van der Waals surface area contributed by atoms with Gasteiger partial charge in [-0.25, -0.2) is 0 Å². The van der Waals surface area contributed by atoms with Gasteiger partial charge in [0.2, 0.25) is 5.89 Å². The second-order valence-corrected chi connectivity index (χ2v) is 6.40. The van der Waals surface area contributed by atoms with E-state index in [0.717, 1.165) is 14.2 Å². The Morgan fingerprint density at radius 1 is 1.11 bits per heavy atom. The standard InChI is InChI=1S/C13H10BrN3OS/c14-10-7-6-9(19-10)12-16-17-13(18-12)11(15)8-4-2-1-3-5-8/h1-7,11H,15H2. The molecule has 0 bridgehead atoms. The third-order valence-corrected chi connectivity index (χ3v) is 4.26. The molecule has 3 aromatic rings. The number of halogens is 1. The minimum Gasteiger partial charge on any atom is -0.418 e. The molecule has 19 heavy (non-hydrogen) atoms. The second kappa shape index (κ2) is 5.24. The molecule has 3 rings (SSSR count). The predicted octanol–water partition coefficient (Wildman–Crippen LogP) is 3.61. The lowest BCUT2D eigenvalue weighted by atomic mass is 10.1. The molecule has 0 spiro atoms. The van der Waals surface area contributed by atoms with E-state index < -0.39 is 6.04 Å². The van der Waals surface area contributed by atoms with Gasteiger partial charge in [-0.05, 0) is 33.6 Å². The molecule has 0 radical (unpaired) electrons. The first kappa shape index (κ1) is 12.5. The lowest BCUT2D eigenvalue weighted by molar-refractivity contribution is 0.485. The molecule has 0 aliphatic carbocycles. The van der Waals surface area contributed by atoms with E-state index in [4.69, 9.17) is 10.2 Å². The van der Waals surface area contributed by atoms with Crippen LogP contribution in [0.5, 0.6) is 0 Å². The van der Waals surface area contributed by atoms with Gasteiger partial charge >= 0.3 is 0 Å². The summed E-state index contributed by atoms with van der Waals surface area (Å²) < 4.78 is 6.66. The summed E-state index contributed by atoms with van der Waals surface area (Å²) >= 11 is 4.95. The first-order chi connectivity index (χ1) is 9.24. The van der Waals surface area contributed by atoms with Gasteiger partial charge in [-0.2, -0.15) is 0 Å². The number of rotatable bonds is 3. The minimum atomic E-state index is -0.397. The SMILES string of the molecule is NC(c1ccccc1)c1nnc(-c2ccc(Br)s2)o1. The van der Waals surface area contributed by atoms with Crippen molar-refractivity contribution in [3.63, 3.8) is 0 Å². The van der Waals surface area contributed by atoms with E-state index in [-0.39, 0.29) is 0 Å². The van der Waals surface area contributed by atoms with Crippen LogP contribution < -0.4 is 5.73 Å². The van der Waals surface area contributed by atoms with E-state index in [1.54, 1.807) is 11.3 Å². The van der Waals surface area contributed by atoms with Gasteiger partial charge in [0.1, 0.15) is 6.04 Å². The summed E-state index contributed by atoms with van der Waals surface area (Å²) in [4.78, 5) is 0.922. The number of nitrogens with two attached hydrogens (primary N) is 1. The van der Waals surface area contributed by atoms with Crippen molar-refractivity contribution < 1.29 is 4.42 Å². The topological polar surface area (TPSA) is 64.9 Å². The molecule has 1 unspecified atom stereocenters. The summed E-state index contributed by atoms with van der Waals surface area (Å²) in [5.41, 5.74) is 7.06. The van der Waals surface area contributed by atoms with Crippen molar-refractivity contribution in [3.8, 4) is 10.8 Å². The summed E-state index contributed by atoms with van der Waals surface area (Å²) in [5.74, 6) is 0.919. The average molecular weight is 336 g/mol. The van der Waals surface area contributed by atoms with E-state index >= 15 is 0 Å². The van der Waals surface area contributed by atoms with Crippen LogP contribution in [-0.2, 0) is 0 Å². The van der Waals surface area contributed by atoms with E-state index in [1.807, 2.05) is 42.5 Å². The Kier molecular flexibility index (Phi) is 3.46. The summed E-state index contributed by atoms with van der Waals surface area (Å²) in [7, 11) is 0. The van der Waals surface area contributed by atoms with Crippen molar-refractivity contribution in [2.75, 3.05) is 0 Å². The Morgan fingerprint density at radius 2 is 1.89 bits per heavy atom. The normalized spacial score (nSPS) is 12.5. The first-order valence-corrected chi connectivity index (χ1v) is 7.24. The van der Waals surface area contributed by atoms with Crippen molar-refractivity contribution in [1.82, 2.24) is 10.2 Å². The van der Waals surface area contributed by atoms with Gasteiger partial charge < -0.3 is 10.2 Å². The lowest BCUT2D eigenvalue weighted by Gasteiger charge is -2.05. The summed E-state index contributed by atoms with van der Waals surface area (Å²) in [5, 5.41) is 8.07. The molecule has 1 aromatic carbocycles. The number of thiophene rings is 1. The van der Waals surface area contributed by atoms with Crippen LogP contribution in [0.25, 0.3) is 10.8 Å². The van der Waals surface area contributed by atoms with Gasteiger partial charge in [-0.3, -0.25) is 0 Å². The van der Waals surface area contributed by atoms with Crippen LogP contribution in [0, 0.1) is 0 Å². The van der Waals surface area contributed by atoms with E-state index in [2.05, 4.69) is 26.1 Å². The van der Waals surface area contributed by atoms with Crippen LogP contribution in [0.3, 0.4) is 0 Å². The van der Waals surface area contributed by atoms with E-state index in [1.165, 1.54) is 0 Å². The number of nitrogens with zero attached hydrogens (tertiary/aromatic N) is 2. The van der Waals surface area contributed by atoms with Gasteiger partial charge in [0, 0.05) is 0 Å². The van der Waals surface area contributed by atoms with Crippen LogP contribution in [0.15, 0.2) is 50.7 Å². The molecule has 2 aromatic heterocycles. The smallest absolute Gasteiger partial charge is 0.257 e. The monoisotopic (exact) mass is 335 g/mol. The maximum Gasteiger partial charge on any atom is 0.257 e. The number of aromatic nitrogens is 2. The largest absolute Gasteiger partial charge is 0.418 e. The van der Waals surface area contributed by atoms with Crippen molar-refractivity contribution >= 4 is 27.3 Å². The molecule has 0 saturated carbocycles. The zero-order valence-corrected chi connectivity index (χ0v) is 12.2. The number of hydrogen-bond acceptors (Lipinski definition) is 5. The Bertz CT molecular complexity index is 680. The van der Waals surface area contributed by atoms with Crippen LogP contribution in [0.2, 0.25) is 0 Å². The molecule has 6 heteroatoms. The highest BCUT2D eigenvalue weighted by Crippen LogP contribution is 2.31. The molecule has 0 fully saturated rings. The molecular weight excluding hydrogens is 326 g/mol. The molecule has 1 atom stereocenters.